The second kappa shape index (κ2) is 7.67. The van der Waals surface area contributed by atoms with Crippen LogP contribution in [0.2, 0.25) is 0 Å². The number of rotatable bonds is 5. The fourth-order valence-electron chi connectivity index (χ4n) is 2.84. The van der Waals surface area contributed by atoms with Crippen molar-refractivity contribution in [1.29, 1.82) is 0 Å². The predicted octanol–water partition coefficient (Wildman–Crippen LogP) is 3.78. The number of halogens is 1. The molecular weight excluding hydrogens is 420 g/mol. The highest BCUT2D eigenvalue weighted by Gasteiger charge is 2.21. The molecule has 26 heavy (non-hydrogen) atoms. The van der Waals surface area contributed by atoms with Gasteiger partial charge in [-0.05, 0) is 65.2 Å². The molecule has 1 heterocycles. The fraction of sp³-hybridized carbons (Fsp3) is 0.278. The Morgan fingerprint density at radius 3 is 2.65 bits per heavy atom. The molecule has 138 valence electrons. The first-order chi connectivity index (χ1) is 12.4. The average Bonchev–Trinajstić information content (AvgIpc) is 2.62. The summed E-state index contributed by atoms with van der Waals surface area (Å²) in [5.74, 6) is 0.616. The molecule has 0 atom stereocenters. The molecule has 0 aliphatic carbocycles. The van der Waals surface area contributed by atoms with Crippen LogP contribution in [-0.4, -0.2) is 28.0 Å². The normalized spacial score (nSPS) is 15.0. The van der Waals surface area contributed by atoms with Gasteiger partial charge >= 0.3 is 0 Å². The third-order valence-corrected chi connectivity index (χ3v) is 6.17. The maximum absolute atomic E-state index is 12.7. The van der Waals surface area contributed by atoms with E-state index in [1.807, 2.05) is 6.07 Å². The highest BCUT2D eigenvalue weighted by Crippen LogP contribution is 2.29. The van der Waals surface area contributed by atoms with Gasteiger partial charge < -0.3 is 9.64 Å². The summed E-state index contributed by atoms with van der Waals surface area (Å²) in [6.07, 6.45) is 2.37. The summed E-state index contributed by atoms with van der Waals surface area (Å²) < 4.78 is 33.5. The first-order valence-electron chi connectivity index (χ1n) is 8.17. The van der Waals surface area contributed by atoms with Crippen LogP contribution in [0.15, 0.2) is 51.8 Å². The molecule has 3 rings (SSSR count). The Morgan fingerprint density at radius 2 is 1.96 bits per heavy atom. The van der Waals surface area contributed by atoms with Crippen LogP contribution in [0.1, 0.15) is 19.3 Å². The molecular formula is C18H19BrN2O4S. The smallest absolute Gasteiger partial charge is 0.261 e. The summed E-state index contributed by atoms with van der Waals surface area (Å²) in [6.45, 7) is 0.653. The lowest BCUT2D eigenvalue weighted by Crippen LogP contribution is -2.35. The van der Waals surface area contributed by atoms with E-state index < -0.39 is 10.0 Å². The molecule has 0 saturated carbocycles. The number of amides is 1. The molecule has 8 heteroatoms. The highest BCUT2D eigenvalue weighted by atomic mass is 79.9. The standard InChI is InChI=1S/C18H19BrN2O4S/c1-25-17-9-8-15(12-16(17)19)26(23,24)20-13-5-4-6-14(11-13)21-10-3-2-7-18(21)22/h4-6,8-9,11-12,20H,2-3,7,10H2,1H3. The Kier molecular flexibility index (Phi) is 5.52. The van der Waals surface area contributed by atoms with Crippen molar-refractivity contribution in [1.82, 2.24) is 0 Å². The van der Waals surface area contributed by atoms with E-state index in [-0.39, 0.29) is 10.8 Å². The first kappa shape index (κ1) is 18.7. The van der Waals surface area contributed by atoms with Crippen LogP contribution in [0, 0.1) is 0 Å². The van der Waals surface area contributed by atoms with Gasteiger partial charge in [0.1, 0.15) is 5.75 Å². The number of hydrogen-bond donors (Lipinski definition) is 1. The fourth-order valence-corrected chi connectivity index (χ4v) is 4.61. The van der Waals surface area contributed by atoms with E-state index in [0.717, 1.165) is 12.8 Å². The maximum atomic E-state index is 12.7. The Labute approximate surface area is 161 Å². The second-order valence-electron chi connectivity index (χ2n) is 5.95. The first-order valence-corrected chi connectivity index (χ1v) is 10.4. The van der Waals surface area contributed by atoms with Crippen molar-refractivity contribution < 1.29 is 17.9 Å². The van der Waals surface area contributed by atoms with Gasteiger partial charge in [-0.15, -0.1) is 0 Å². The van der Waals surface area contributed by atoms with Gasteiger partial charge in [0.2, 0.25) is 5.91 Å². The van der Waals surface area contributed by atoms with Crippen LogP contribution in [0.3, 0.4) is 0 Å². The predicted molar refractivity (Wildman–Crippen MR) is 104 cm³/mol. The molecule has 1 aliphatic rings. The van der Waals surface area contributed by atoms with Crippen molar-refractivity contribution in [3.05, 3.63) is 46.9 Å². The van der Waals surface area contributed by atoms with Crippen molar-refractivity contribution in [2.24, 2.45) is 0 Å². The SMILES string of the molecule is COc1ccc(S(=O)(=O)Nc2cccc(N3CCCCC3=O)c2)cc1Br. The molecule has 1 aliphatic heterocycles. The van der Waals surface area contributed by atoms with E-state index >= 15 is 0 Å². The molecule has 1 saturated heterocycles. The molecule has 1 fully saturated rings. The molecule has 0 radical (unpaired) electrons. The van der Waals surface area contributed by atoms with Gasteiger partial charge in [0, 0.05) is 18.7 Å². The lowest BCUT2D eigenvalue weighted by molar-refractivity contribution is -0.119. The van der Waals surface area contributed by atoms with Crippen LogP contribution in [0.4, 0.5) is 11.4 Å². The number of carbonyl (C=O) groups excluding carboxylic acids is 1. The quantitative estimate of drug-likeness (QED) is 0.770. The van der Waals surface area contributed by atoms with Crippen molar-refractivity contribution in [3.63, 3.8) is 0 Å². The summed E-state index contributed by atoms with van der Waals surface area (Å²) >= 11 is 3.29. The van der Waals surface area contributed by atoms with E-state index in [1.54, 1.807) is 29.2 Å². The third-order valence-electron chi connectivity index (χ3n) is 4.17. The minimum absolute atomic E-state index is 0.0651. The molecule has 2 aromatic rings. The number of anilines is 2. The summed E-state index contributed by atoms with van der Waals surface area (Å²) in [5.41, 5.74) is 1.11. The molecule has 0 bridgehead atoms. The molecule has 1 N–H and O–H groups in total. The van der Waals surface area contributed by atoms with Crippen LogP contribution in [0.5, 0.6) is 5.75 Å². The Balaban J connectivity index is 1.85. The van der Waals surface area contributed by atoms with Crippen molar-refractivity contribution >= 4 is 43.2 Å². The van der Waals surface area contributed by atoms with Crippen LogP contribution >= 0.6 is 15.9 Å². The van der Waals surface area contributed by atoms with Gasteiger partial charge in [-0.25, -0.2) is 8.42 Å². The molecule has 0 aromatic heterocycles. The van der Waals surface area contributed by atoms with Gasteiger partial charge in [0.25, 0.3) is 10.0 Å². The van der Waals surface area contributed by atoms with E-state index in [1.165, 1.54) is 19.2 Å². The number of benzene rings is 2. The number of methoxy groups -OCH3 is 1. The summed E-state index contributed by atoms with van der Waals surface area (Å²) in [5, 5.41) is 0. The molecule has 0 unspecified atom stereocenters. The number of hydrogen-bond acceptors (Lipinski definition) is 4. The number of sulfonamides is 1. The van der Waals surface area contributed by atoms with Crippen LogP contribution in [0.25, 0.3) is 0 Å². The summed E-state index contributed by atoms with van der Waals surface area (Å²) in [6, 6.07) is 11.4. The number of carbonyl (C=O) groups is 1. The maximum Gasteiger partial charge on any atom is 0.261 e. The minimum Gasteiger partial charge on any atom is -0.496 e. The van der Waals surface area contributed by atoms with E-state index in [9.17, 15) is 13.2 Å². The Morgan fingerprint density at radius 1 is 1.15 bits per heavy atom. The molecule has 0 spiro atoms. The zero-order valence-corrected chi connectivity index (χ0v) is 16.6. The minimum atomic E-state index is -3.76. The van der Waals surface area contributed by atoms with Gasteiger partial charge in [-0.1, -0.05) is 6.07 Å². The van der Waals surface area contributed by atoms with Gasteiger partial charge in [-0.2, -0.15) is 0 Å². The van der Waals surface area contributed by atoms with Crippen molar-refractivity contribution in [3.8, 4) is 5.75 Å². The monoisotopic (exact) mass is 438 g/mol. The summed E-state index contributed by atoms with van der Waals surface area (Å²) in [7, 11) is -2.25. The third kappa shape index (κ3) is 4.02. The van der Waals surface area contributed by atoms with Crippen molar-refractivity contribution in [2.75, 3.05) is 23.3 Å². The van der Waals surface area contributed by atoms with Gasteiger partial charge in [0.15, 0.2) is 0 Å². The van der Waals surface area contributed by atoms with Gasteiger partial charge in [-0.3, -0.25) is 9.52 Å². The van der Waals surface area contributed by atoms with Crippen LogP contribution < -0.4 is 14.4 Å². The lowest BCUT2D eigenvalue weighted by atomic mass is 10.1. The average molecular weight is 439 g/mol. The summed E-state index contributed by atoms with van der Waals surface area (Å²) in [4.78, 5) is 13.9. The number of nitrogens with one attached hydrogen (secondary N) is 1. The molecule has 2 aromatic carbocycles. The van der Waals surface area contributed by atoms with Gasteiger partial charge in [0.05, 0.1) is 22.2 Å². The highest BCUT2D eigenvalue weighted by molar-refractivity contribution is 9.10. The van der Waals surface area contributed by atoms with E-state index in [2.05, 4.69) is 20.7 Å². The van der Waals surface area contributed by atoms with Crippen molar-refractivity contribution in [2.45, 2.75) is 24.2 Å². The molecule has 1 amide bonds. The van der Waals surface area contributed by atoms with Crippen LogP contribution in [-0.2, 0) is 14.8 Å². The Bertz CT molecular complexity index is 931. The second-order valence-corrected chi connectivity index (χ2v) is 8.49. The number of piperidine rings is 1. The van der Waals surface area contributed by atoms with E-state index in [0.29, 0.717) is 34.6 Å². The zero-order chi connectivity index (χ0) is 18.7. The number of nitrogens with zero attached hydrogens (tertiary/aromatic N) is 1. The number of ether oxygens (including phenoxy) is 1. The zero-order valence-electron chi connectivity index (χ0n) is 14.2. The largest absolute Gasteiger partial charge is 0.496 e. The lowest BCUT2D eigenvalue weighted by Gasteiger charge is -2.27. The topological polar surface area (TPSA) is 75.7 Å². The Hall–Kier alpha value is -2.06. The molecule has 6 nitrogen and oxygen atoms in total. The van der Waals surface area contributed by atoms with E-state index in [4.69, 9.17) is 4.74 Å².